The van der Waals surface area contributed by atoms with Gasteiger partial charge in [0.1, 0.15) is 11.6 Å². The third-order valence-electron chi connectivity index (χ3n) is 4.10. The molecule has 1 unspecified atom stereocenters. The second-order valence-corrected chi connectivity index (χ2v) is 7.46. The average molecular weight is 403 g/mol. The van der Waals surface area contributed by atoms with Gasteiger partial charge in [0, 0.05) is 11.6 Å². The predicted molar refractivity (Wildman–Crippen MR) is 105 cm³/mol. The number of amides is 1. The molecule has 0 aliphatic rings. The number of hydrogen-bond donors (Lipinski definition) is 1. The normalized spacial score (nSPS) is 12.0. The van der Waals surface area contributed by atoms with Gasteiger partial charge in [-0.2, -0.15) is 4.98 Å². The number of carbonyl (C=O) groups is 1. The fourth-order valence-corrected chi connectivity index (χ4v) is 3.14. The minimum absolute atomic E-state index is 0.0607. The first-order valence-electron chi connectivity index (χ1n) is 8.75. The summed E-state index contributed by atoms with van der Waals surface area (Å²) in [5, 5.41) is 5.92. The van der Waals surface area contributed by atoms with Crippen LogP contribution in [-0.2, 0) is 17.0 Å². The fraction of sp³-hybridized carbons (Fsp3) is 0.250. The molecule has 0 bridgehead atoms. The topological polar surface area (TPSA) is 68.0 Å². The van der Waals surface area contributed by atoms with E-state index in [0.717, 1.165) is 24.1 Å². The molecule has 3 aromatic rings. The monoisotopic (exact) mass is 403 g/mol. The SMILES string of the molecule is CCc1ccc(-c2noc(CSC(C)C(=O)Nc3ccc(F)cc3F)n2)cc1. The summed E-state index contributed by atoms with van der Waals surface area (Å²) in [7, 11) is 0. The molecule has 2 aromatic carbocycles. The van der Waals surface area contributed by atoms with Crippen LogP contribution in [0.3, 0.4) is 0 Å². The Balaban J connectivity index is 1.56. The molecule has 28 heavy (non-hydrogen) atoms. The second kappa shape index (κ2) is 8.97. The zero-order chi connectivity index (χ0) is 20.1. The molecule has 0 radical (unpaired) electrons. The van der Waals surface area contributed by atoms with Crippen LogP contribution < -0.4 is 5.32 Å². The molecule has 0 saturated heterocycles. The number of halogens is 2. The van der Waals surface area contributed by atoms with Crippen LogP contribution in [0.2, 0.25) is 0 Å². The zero-order valence-corrected chi connectivity index (χ0v) is 16.2. The third kappa shape index (κ3) is 4.95. The summed E-state index contributed by atoms with van der Waals surface area (Å²) in [6.07, 6.45) is 0.955. The third-order valence-corrected chi connectivity index (χ3v) is 5.23. The van der Waals surface area contributed by atoms with E-state index in [1.165, 1.54) is 23.4 Å². The van der Waals surface area contributed by atoms with Crippen molar-refractivity contribution < 1.29 is 18.1 Å². The number of rotatable bonds is 7. The Kier molecular flexibility index (Phi) is 6.41. The summed E-state index contributed by atoms with van der Waals surface area (Å²) in [6, 6.07) is 10.9. The highest BCUT2D eigenvalue weighted by atomic mass is 32.2. The van der Waals surface area contributed by atoms with Crippen molar-refractivity contribution in [2.24, 2.45) is 0 Å². The standard InChI is InChI=1S/C20H19F2N3O2S/c1-3-13-4-6-14(7-5-13)19-24-18(27-25-19)11-28-12(2)20(26)23-17-9-8-15(21)10-16(17)22/h4-10,12H,3,11H2,1-2H3,(H,23,26). The number of benzene rings is 2. The number of aromatic nitrogens is 2. The zero-order valence-electron chi connectivity index (χ0n) is 15.4. The van der Waals surface area contributed by atoms with Crippen molar-refractivity contribution in [3.05, 3.63) is 65.6 Å². The van der Waals surface area contributed by atoms with E-state index in [0.29, 0.717) is 17.5 Å². The lowest BCUT2D eigenvalue weighted by molar-refractivity contribution is -0.115. The number of carbonyl (C=O) groups excluding carboxylic acids is 1. The van der Waals surface area contributed by atoms with Crippen LogP contribution in [-0.4, -0.2) is 21.3 Å². The number of nitrogens with zero attached hydrogens (tertiary/aromatic N) is 2. The molecule has 3 rings (SSSR count). The van der Waals surface area contributed by atoms with Crippen LogP contribution in [0.1, 0.15) is 25.3 Å². The van der Waals surface area contributed by atoms with Crippen LogP contribution in [0.25, 0.3) is 11.4 Å². The van der Waals surface area contributed by atoms with Crippen LogP contribution in [0.4, 0.5) is 14.5 Å². The number of anilines is 1. The minimum Gasteiger partial charge on any atom is -0.338 e. The molecular formula is C20H19F2N3O2S. The maximum absolute atomic E-state index is 13.6. The fourth-order valence-electron chi connectivity index (χ4n) is 2.42. The molecule has 0 fully saturated rings. The largest absolute Gasteiger partial charge is 0.338 e. The maximum atomic E-state index is 13.6. The number of thioether (sulfide) groups is 1. The van der Waals surface area contributed by atoms with Gasteiger partial charge in [-0.05, 0) is 31.0 Å². The minimum atomic E-state index is -0.818. The van der Waals surface area contributed by atoms with E-state index < -0.39 is 22.8 Å². The molecule has 1 atom stereocenters. The van der Waals surface area contributed by atoms with E-state index in [4.69, 9.17) is 4.52 Å². The highest BCUT2D eigenvalue weighted by Crippen LogP contribution is 2.22. The smallest absolute Gasteiger partial charge is 0.237 e. The molecule has 1 N–H and O–H groups in total. The highest BCUT2D eigenvalue weighted by molar-refractivity contribution is 7.99. The van der Waals surface area contributed by atoms with Crippen LogP contribution in [0.5, 0.6) is 0 Å². The van der Waals surface area contributed by atoms with Gasteiger partial charge in [0.25, 0.3) is 0 Å². The lowest BCUT2D eigenvalue weighted by Gasteiger charge is -2.11. The number of hydrogen-bond acceptors (Lipinski definition) is 5. The van der Waals surface area contributed by atoms with Gasteiger partial charge in [-0.3, -0.25) is 4.79 Å². The van der Waals surface area contributed by atoms with Crippen LogP contribution >= 0.6 is 11.8 Å². The van der Waals surface area contributed by atoms with Crippen molar-refractivity contribution in [3.63, 3.8) is 0 Å². The summed E-state index contributed by atoms with van der Waals surface area (Å²) in [4.78, 5) is 16.5. The Hall–Kier alpha value is -2.74. The van der Waals surface area contributed by atoms with E-state index in [2.05, 4.69) is 22.4 Å². The van der Waals surface area contributed by atoms with E-state index in [9.17, 15) is 13.6 Å². The first-order chi connectivity index (χ1) is 13.5. The van der Waals surface area contributed by atoms with Gasteiger partial charge in [-0.1, -0.05) is 36.3 Å². The molecule has 8 heteroatoms. The molecule has 1 amide bonds. The summed E-state index contributed by atoms with van der Waals surface area (Å²) in [5.41, 5.74) is 2.02. The predicted octanol–water partition coefficient (Wildman–Crippen LogP) is 4.84. The molecule has 146 valence electrons. The van der Waals surface area contributed by atoms with Crippen molar-refractivity contribution in [1.82, 2.24) is 10.1 Å². The number of nitrogens with one attached hydrogen (secondary N) is 1. The van der Waals surface area contributed by atoms with Gasteiger partial charge in [-0.15, -0.1) is 11.8 Å². The Labute approximate surface area is 165 Å². The van der Waals surface area contributed by atoms with Gasteiger partial charge < -0.3 is 9.84 Å². The van der Waals surface area contributed by atoms with Gasteiger partial charge in [0.2, 0.25) is 17.6 Å². The second-order valence-electron chi connectivity index (χ2n) is 6.13. The van der Waals surface area contributed by atoms with Crippen LogP contribution in [0.15, 0.2) is 47.0 Å². The quantitative estimate of drug-likeness (QED) is 0.612. The van der Waals surface area contributed by atoms with Crippen molar-refractivity contribution >= 4 is 23.4 Å². The van der Waals surface area contributed by atoms with Gasteiger partial charge in [0.15, 0.2) is 0 Å². The van der Waals surface area contributed by atoms with Crippen molar-refractivity contribution in [2.75, 3.05) is 5.32 Å². The summed E-state index contributed by atoms with van der Waals surface area (Å²) < 4.78 is 31.8. The van der Waals surface area contributed by atoms with Crippen molar-refractivity contribution in [1.29, 1.82) is 0 Å². The molecule has 1 aromatic heterocycles. The Morgan fingerprint density at radius 3 is 2.64 bits per heavy atom. The number of aryl methyl sites for hydroxylation is 1. The lowest BCUT2D eigenvalue weighted by Crippen LogP contribution is -2.23. The van der Waals surface area contributed by atoms with E-state index in [1.807, 2.05) is 24.3 Å². The maximum Gasteiger partial charge on any atom is 0.237 e. The molecule has 0 aliphatic carbocycles. The van der Waals surface area contributed by atoms with Crippen molar-refractivity contribution in [3.8, 4) is 11.4 Å². The molecule has 5 nitrogen and oxygen atoms in total. The van der Waals surface area contributed by atoms with Gasteiger partial charge in [-0.25, -0.2) is 8.78 Å². The molecule has 0 spiro atoms. The lowest BCUT2D eigenvalue weighted by atomic mass is 10.1. The van der Waals surface area contributed by atoms with E-state index >= 15 is 0 Å². The summed E-state index contributed by atoms with van der Waals surface area (Å²) in [6.45, 7) is 3.77. The first kappa shape index (κ1) is 20.0. The Morgan fingerprint density at radius 1 is 1.21 bits per heavy atom. The van der Waals surface area contributed by atoms with Gasteiger partial charge in [0.05, 0.1) is 16.7 Å². The van der Waals surface area contributed by atoms with E-state index in [1.54, 1.807) is 6.92 Å². The molecule has 1 heterocycles. The molecular weight excluding hydrogens is 384 g/mol. The van der Waals surface area contributed by atoms with Crippen molar-refractivity contribution in [2.45, 2.75) is 31.3 Å². The summed E-state index contributed by atoms with van der Waals surface area (Å²) in [5.74, 6) is -0.697. The molecule has 0 aliphatic heterocycles. The average Bonchev–Trinajstić information content (AvgIpc) is 3.17. The summed E-state index contributed by atoms with van der Waals surface area (Å²) >= 11 is 1.28. The molecule has 0 saturated carbocycles. The van der Waals surface area contributed by atoms with Crippen LogP contribution in [0, 0.1) is 11.6 Å². The van der Waals surface area contributed by atoms with Gasteiger partial charge >= 0.3 is 0 Å². The first-order valence-corrected chi connectivity index (χ1v) is 9.80. The Bertz CT molecular complexity index is 960. The highest BCUT2D eigenvalue weighted by Gasteiger charge is 2.18. The van der Waals surface area contributed by atoms with E-state index in [-0.39, 0.29) is 5.69 Å². The Morgan fingerprint density at radius 2 is 1.96 bits per heavy atom.